The van der Waals surface area contributed by atoms with Crippen molar-refractivity contribution in [1.82, 2.24) is 0 Å². The molecule has 0 saturated heterocycles. The number of quaternary nitrogens is 1. The van der Waals surface area contributed by atoms with Gasteiger partial charge in [0.15, 0.2) is 6.21 Å². The van der Waals surface area contributed by atoms with E-state index >= 15 is 0 Å². The van der Waals surface area contributed by atoms with Crippen LogP contribution >= 0.6 is 0 Å². The van der Waals surface area contributed by atoms with Gasteiger partial charge in [0.2, 0.25) is 5.69 Å². The fourth-order valence-corrected chi connectivity index (χ4v) is 2.48. The van der Waals surface area contributed by atoms with Crippen molar-refractivity contribution < 1.29 is 9.89 Å². The average Bonchev–Trinajstić information content (AvgIpc) is 3.10. The van der Waals surface area contributed by atoms with Crippen LogP contribution in [0.2, 0.25) is 0 Å². The van der Waals surface area contributed by atoms with Crippen molar-refractivity contribution in [3.63, 3.8) is 0 Å². The van der Waals surface area contributed by atoms with Gasteiger partial charge in [-0.1, -0.05) is 49.1 Å². The molecular formula is C21H20N2+2. The SMILES string of the molecule is C=C/C(=C\C=[NH+]c1ccccc1)C1=C[NH+](c2ccccc2)C=C1. The number of hydrogen-bond acceptors (Lipinski definition) is 0. The van der Waals surface area contributed by atoms with Crippen molar-refractivity contribution in [3.8, 4) is 0 Å². The molecule has 2 N–H and O–H groups in total. The third-order valence-electron chi connectivity index (χ3n) is 3.70. The summed E-state index contributed by atoms with van der Waals surface area (Å²) < 4.78 is 0. The van der Waals surface area contributed by atoms with Gasteiger partial charge in [0, 0.05) is 29.9 Å². The zero-order valence-electron chi connectivity index (χ0n) is 12.9. The summed E-state index contributed by atoms with van der Waals surface area (Å²) in [6.45, 7) is 3.93. The van der Waals surface area contributed by atoms with Gasteiger partial charge in [-0.25, -0.2) is 9.89 Å². The highest BCUT2D eigenvalue weighted by atomic mass is 15.1. The minimum Gasteiger partial charge on any atom is -0.250 e. The van der Waals surface area contributed by atoms with Gasteiger partial charge in [0.1, 0.15) is 18.1 Å². The van der Waals surface area contributed by atoms with Gasteiger partial charge >= 0.3 is 0 Å². The van der Waals surface area contributed by atoms with E-state index in [2.05, 4.69) is 54.3 Å². The molecule has 1 aliphatic rings. The van der Waals surface area contributed by atoms with Crippen LogP contribution < -0.4 is 9.89 Å². The highest BCUT2D eigenvalue weighted by Gasteiger charge is 2.15. The first-order chi connectivity index (χ1) is 11.4. The van der Waals surface area contributed by atoms with Crippen molar-refractivity contribution in [1.29, 1.82) is 0 Å². The average molecular weight is 300 g/mol. The second kappa shape index (κ2) is 7.34. The lowest BCUT2D eigenvalue weighted by molar-refractivity contribution is -0.710. The molecule has 2 heteroatoms. The maximum Gasteiger partial charge on any atom is 0.203 e. The van der Waals surface area contributed by atoms with Crippen LogP contribution in [0.25, 0.3) is 0 Å². The molecule has 2 aromatic carbocycles. The van der Waals surface area contributed by atoms with Crippen LogP contribution in [0, 0.1) is 0 Å². The fourth-order valence-electron chi connectivity index (χ4n) is 2.48. The molecule has 0 fully saturated rings. The molecule has 0 amide bonds. The molecule has 3 rings (SSSR count). The molecule has 1 aliphatic heterocycles. The number of benzene rings is 2. The Morgan fingerprint density at radius 2 is 1.65 bits per heavy atom. The van der Waals surface area contributed by atoms with E-state index in [0.29, 0.717) is 0 Å². The van der Waals surface area contributed by atoms with E-state index in [1.54, 1.807) is 0 Å². The van der Waals surface area contributed by atoms with Crippen LogP contribution in [-0.2, 0) is 0 Å². The van der Waals surface area contributed by atoms with Crippen LogP contribution in [-0.4, -0.2) is 6.21 Å². The van der Waals surface area contributed by atoms with Crippen LogP contribution in [0.15, 0.2) is 109 Å². The van der Waals surface area contributed by atoms with E-state index in [9.17, 15) is 0 Å². The van der Waals surface area contributed by atoms with Gasteiger partial charge in [0.05, 0.1) is 0 Å². The first-order valence-corrected chi connectivity index (χ1v) is 7.67. The Labute approximate surface area is 137 Å². The fraction of sp³-hybridized carbons (Fsp3) is 0. The number of para-hydroxylation sites is 2. The Morgan fingerprint density at radius 3 is 2.35 bits per heavy atom. The van der Waals surface area contributed by atoms with E-state index < -0.39 is 0 Å². The van der Waals surface area contributed by atoms with Gasteiger partial charge in [0.25, 0.3) is 0 Å². The summed E-state index contributed by atoms with van der Waals surface area (Å²) in [5, 5.41) is 0. The molecule has 23 heavy (non-hydrogen) atoms. The molecule has 0 spiro atoms. The maximum atomic E-state index is 3.93. The topological polar surface area (TPSA) is 18.4 Å². The van der Waals surface area contributed by atoms with Crippen molar-refractivity contribution in [3.05, 3.63) is 109 Å². The summed E-state index contributed by atoms with van der Waals surface area (Å²) >= 11 is 0. The summed E-state index contributed by atoms with van der Waals surface area (Å²) in [6.07, 6.45) is 12.3. The van der Waals surface area contributed by atoms with Crippen LogP contribution in [0.3, 0.4) is 0 Å². The molecule has 112 valence electrons. The summed E-state index contributed by atoms with van der Waals surface area (Å²) in [5.74, 6) is 0. The molecule has 1 unspecified atom stereocenters. The molecule has 1 heterocycles. The van der Waals surface area contributed by atoms with Crippen LogP contribution in [0.1, 0.15) is 0 Å². The molecule has 2 nitrogen and oxygen atoms in total. The maximum absolute atomic E-state index is 3.93. The third kappa shape index (κ3) is 3.82. The molecule has 2 aromatic rings. The molecule has 0 aromatic heterocycles. The predicted octanol–water partition coefficient (Wildman–Crippen LogP) is 2.21. The number of allylic oxidation sites excluding steroid dienone is 5. The van der Waals surface area contributed by atoms with Gasteiger partial charge in [-0.3, -0.25) is 0 Å². The second-order valence-electron chi connectivity index (χ2n) is 5.26. The van der Waals surface area contributed by atoms with E-state index in [-0.39, 0.29) is 0 Å². The van der Waals surface area contributed by atoms with Crippen molar-refractivity contribution in [2.24, 2.45) is 0 Å². The lowest BCUT2D eigenvalue weighted by Crippen LogP contribution is -2.96. The summed E-state index contributed by atoms with van der Waals surface area (Å²) in [7, 11) is 0. The minimum atomic E-state index is 1.07. The quantitative estimate of drug-likeness (QED) is 0.623. The first kappa shape index (κ1) is 14.9. The Hall–Kier alpha value is -2.97. The number of hydrogen-bond donors (Lipinski definition) is 2. The Bertz CT molecular complexity index is 781. The standard InChI is InChI=1S/C21H18N2/c1-2-18(13-15-22-20-9-5-3-6-10-20)19-14-16-23(17-19)21-11-7-4-8-12-21/h2-17H,1H2/p+2/b18-13+,22-15?. The Kier molecular flexibility index (Phi) is 4.77. The second-order valence-corrected chi connectivity index (χ2v) is 5.26. The first-order valence-electron chi connectivity index (χ1n) is 7.67. The highest BCUT2D eigenvalue weighted by Crippen LogP contribution is 2.14. The van der Waals surface area contributed by atoms with Crippen molar-refractivity contribution >= 4 is 17.6 Å². The molecule has 0 radical (unpaired) electrons. The Morgan fingerprint density at radius 1 is 0.957 bits per heavy atom. The number of nitrogens with one attached hydrogen (secondary N) is 2. The van der Waals surface area contributed by atoms with Crippen molar-refractivity contribution in [2.75, 3.05) is 0 Å². The van der Waals surface area contributed by atoms with Gasteiger partial charge in [-0.05, 0) is 17.7 Å². The highest BCUT2D eigenvalue weighted by molar-refractivity contribution is 5.71. The van der Waals surface area contributed by atoms with Gasteiger partial charge < -0.3 is 0 Å². The lowest BCUT2D eigenvalue weighted by atomic mass is 10.1. The third-order valence-corrected chi connectivity index (χ3v) is 3.70. The van der Waals surface area contributed by atoms with E-state index in [0.717, 1.165) is 11.3 Å². The largest absolute Gasteiger partial charge is 0.250 e. The van der Waals surface area contributed by atoms with Crippen molar-refractivity contribution in [2.45, 2.75) is 0 Å². The van der Waals surface area contributed by atoms with E-state index in [4.69, 9.17) is 0 Å². The molecule has 0 saturated carbocycles. The smallest absolute Gasteiger partial charge is 0.203 e. The lowest BCUT2D eigenvalue weighted by Gasteiger charge is -2.05. The predicted molar refractivity (Wildman–Crippen MR) is 95.7 cm³/mol. The zero-order chi connectivity index (χ0) is 15.9. The normalized spacial score (nSPS) is 17.5. The Balaban J connectivity index is 1.77. The molecule has 0 aliphatic carbocycles. The van der Waals surface area contributed by atoms with E-state index in [1.807, 2.05) is 54.8 Å². The molecular weight excluding hydrogens is 280 g/mol. The summed E-state index contributed by atoms with van der Waals surface area (Å²) in [5.41, 5.74) is 4.56. The molecule has 0 bridgehead atoms. The van der Waals surface area contributed by atoms with Crippen LogP contribution in [0.4, 0.5) is 11.4 Å². The molecule has 1 atom stereocenters. The van der Waals surface area contributed by atoms with Gasteiger partial charge in [-0.15, -0.1) is 0 Å². The monoisotopic (exact) mass is 300 g/mol. The van der Waals surface area contributed by atoms with E-state index in [1.165, 1.54) is 16.2 Å². The minimum absolute atomic E-state index is 1.07. The number of rotatable bonds is 5. The summed E-state index contributed by atoms with van der Waals surface area (Å²) in [4.78, 5) is 4.49. The van der Waals surface area contributed by atoms with Crippen LogP contribution in [0.5, 0.6) is 0 Å². The summed E-state index contributed by atoms with van der Waals surface area (Å²) in [6, 6.07) is 20.5. The van der Waals surface area contributed by atoms with Gasteiger partial charge in [-0.2, -0.15) is 0 Å². The zero-order valence-corrected chi connectivity index (χ0v) is 12.9.